The van der Waals surface area contributed by atoms with Crippen molar-refractivity contribution in [1.29, 1.82) is 0 Å². The number of hydrogen-bond donors (Lipinski definition) is 0. The SMILES string of the molecule is O=C1CS[C@H](c2cn(-c3ccccc3)nc2-c2ccccc2)N1Cc1cccnc1. The third-order valence-electron chi connectivity index (χ3n) is 5.12. The number of para-hydroxylation sites is 1. The summed E-state index contributed by atoms with van der Waals surface area (Å²) in [5, 5.41) is 4.82. The fourth-order valence-electron chi connectivity index (χ4n) is 3.67. The van der Waals surface area contributed by atoms with E-state index in [1.165, 1.54) is 0 Å². The highest BCUT2D eigenvalue weighted by molar-refractivity contribution is 8.00. The molecule has 30 heavy (non-hydrogen) atoms. The largest absolute Gasteiger partial charge is 0.321 e. The fourth-order valence-corrected chi connectivity index (χ4v) is 4.86. The van der Waals surface area contributed by atoms with Crippen molar-refractivity contribution in [1.82, 2.24) is 19.7 Å². The standard InChI is InChI=1S/C24H20N4OS/c29-22-17-30-24(27(22)15-18-8-7-13-25-14-18)21-16-28(20-11-5-2-6-12-20)26-23(21)19-9-3-1-4-10-19/h1-14,16,24H,15,17H2/t24-/m1/s1. The van der Waals surface area contributed by atoms with E-state index in [0.29, 0.717) is 12.3 Å². The van der Waals surface area contributed by atoms with Gasteiger partial charge in [0.1, 0.15) is 5.37 Å². The zero-order valence-electron chi connectivity index (χ0n) is 16.3. The number of benzene rings is 2. The van der Waals surface area contributed by atoms with Crippen LogP contribution < -0.4 is 0 Å². The van der Waals surface area contributed by atoms with Crippen LogP contribution in [0.5, 0.6) is 0 Å². The molecule has 4 aromatic rings. The quantitative estimate of drug-likeness (QED) is 0.476. The minimum absolute atomic E-state index is 0.0922. The molecule has 0 unspecified atom stereocenters. The molecule has 148 valence electrons. The number of amides is 1. The van der Waals surface area contributed by atoms with E-state index in [9.17, 15) is 4.79 Å². The molecule has 0 radical (unpaired) electrons. The lowest BCUT2D eigenvalue weighted by Gasteiger charge is -2.24. The molecule has 1 amide bonds. The highest BCUT2D eigenvalue weighted by Gasteiger charge is 2.35. The number of carbonyl (C=O) groups is 1. The Morgan fingerprint density at radius 1 is 0.967 bits per heavy atom. The van der Waals surface area contributed by atoms with Crippen LogP contribution in [-0.2, 0) is 11.3 Å². The van der Waals surface area contributed by atoms with E-state index >= 15 is 0 Å². The van der Waals surface area contributed by atoms with E-state index in [-0.39, 0.29) is 11.3 Å². The van der Waals surface area contributed by atoms with Gasteiger partial charge in [-0.05, 0) is 23.8 Å². The normalized spacial score (nSPS) is 16.2. The van der Waals surface area contributed by atoms with Crippen molar-refractivity contribution in [2.75, 3.05) is 5.75 Å². The Labute approximate surface area is 179 Å². The van der Waals surface area contributed by atoms with Gasteiger partial charge in [-0.1, -0.05) is 54.6 Å². The first-order valence-electron chi connectivity index (χ1n) is 9.80. The maximum atomic E-state index is 12.7. The molecule has 1 atom stereocenters. The molecule has 1 fully saturated rings. The van der Waals surface area contributed by atoms with Gasteiger partial charge in [-0.3, -0.25) is 9.78 Å². The first-order chi connectivity index (χ1) is 14.8. The van der Waals surface area contributed by atoms with Gasteiger partial charge in [0.15, 0.2) is 0 Å². The molecule has 1 saturated heterocycles. The van der Waals surface area contributed by atoms with Crippen molar-refractivity contribution in [2.24, 2.45) is 0 Å². The molecule has 5 nitrogen and oxygen atoms in total. The number of aromatic nitrogens is 3. The minimum atomic E-state index is -0.0922. The third kappa shape index (κ3) is 3.62. The van der Waals surface area contributed by atoms with Crippen LogP contribution in [-0.4, -0.2) is 31.3 Å². The summed E-state index contributed by atoms with van der Waals surface area (Å²) in [5.41, 5.74) is 5.01. The Balaban J connectivity index is 1.58. The molecule has 2 aromatic carbocycles. The third-order valence-corrected chi connectivity index (χ3v) is 6.36. The minimum Gasteiger partial charge on any atom is -0.321 e. The molecule has 3 heterocycles. The zero-order chi connectivity index (χ0) is 20.3. The van der Waals surface area contributed by atoms with Gasteiger partial charge >= 0.3 is 0 Å². The molecule has 1 aliphatic rings. The predicted octanol–water partition coefficient (Wildman–Crippen LogP) is 4.71. The topological polar surface area (TPSA) is 51.0 Å². The number of hydrogen-bond acceptors (Lipinski definition) is 4. The van der Waals surface area contributed by atoms with Crippen LogP contribution in [0.1, 0.15) is 16.5 Å². The van der Waals surface area contributed by atoms with Gasteiger partial charge < -0.3 is 4.90 Å². The van der Waals surface area contributed by atoms with Gasteiger partial charge in [-0.2, -0.15) is 5.10 Å². The smallest absolute Gasteiger partial charge is 0.234 e. The van der Waals surface area contributed by atoms with Crippen LogP contribution in [0.2, 0.25) is 0 Å². The van der Waals surface area contributed by atoms with Crippen LogP contribution in [0.25, 0.3) is 16.9 Å². The fraction of sp³-hybridized carbons (Fsp3) is 0.125. The summed E-state index contributed by atoms with van der Waals surface area (Å²) in [6.45, 7) is 0.537. The van der Waals surface area contributed by atoms with Crippen molar-refractivity contribution >= 4 is 17.7 Å². The Morgan fingerprint density at radius 3 is 2.47 bits per heavy atom. The molecule has 0 saturated carbocycles. The number of rotatable bonds is 5. The molecule has 2 aromatic heterocycles. The van der Waals surface area contributed by atoms with E-state index in [1.807, 2.05) is 76.4 Å². The van der Waals surface area contributed by atoms with Crippen molar-refractivity contribution in [3.63, 3.8) is 0 Å². The summed E-state index contributed by atoms with van der Waals surface area (Å²) in [4.78, 5) is 18.9. The predicted molar refractivity (Wildman–Crippen MR) is 119 cm³/mol. The molecular formula is C24H20N4OS. The lowest BCUT2D eigenvalue weighted by atomic mass is 10.1. The first kappa shape index (κ1) is 18.6. The monoisotopic (exact) mass is 412 g/mol. The second-order valence-electron chi connectivity index (χ2n) is 7.13. The Bertz CT molecular complexity index is 1150. The first-order valence-corrected chi connectivity index (χ1v) is 10.8. The average Bonchev–Trinajstić information content (AvgIpc) is 3.40. The number of carbonyl (C=O) groups excluding carboxylic acids is 1. The van der Waals surface area contributed by atoms with Gasteiger partial charge in [-0.25, -0.2) is 4.68 Å². The summed E-state index contributed by atoms with van der Waals surface area (Å²) in [6, 6.07) is 24.1. The molecule has 5 rings (SSSR count). The van der Waals surface area contributed by atoms with E-state index in [4.69, 9.17) is 5.10 Å². The summed E-state index contributed by atoms with van der Waals surface area (Å²) in [6.07, 6.45) is 5.63. The molecule has 0 bridgehead atoms. The zero-order valence-corrected chi connectivity index (χ0v) is 17.1. The highest BCUT2D eigenvalue weighted by atomic mass is 32.2. The summed E-state index contributed by atoms with van der Waals surface area (Å²) < 4.78 is 1.91. The Hall–Kier alpha value is -3.38. The lowest BCUT2D eigenvalue weighted by Crippen LogP contribution is -2.27. The summed E-state index contributed by atoms with van der Waals surface area (Å²) in [7, 11) is 0. The van der Waals surface area contributed by atoms with Gasteiger partial charge in [0.05, 0.1) is 17.1 Å². The maximum Gasteiger partial charge on any atom is 0.234 e. The van der Waals surface area contributed by atoms with E-state index in [0.717, 1.165) is 28.1 Å². The summed E-state index contributed by atoms with van der Waals surface area (Å²) in [5.74, 6) is 0.607. The van der Waals surface area contributed by atoms with Gasteiger partial charge in [0.2, 0.25) is 5.91 Å². The Kier molecular flexibility index (Phi) is 5.07. The Morgan fingerprint density at radius 2 is 1.73 bits per heavy atom. The second-order valence-corrected chi connectivity index (χ2v) is 8.19. The summed E-state index contributed by atoms with van der Waals surface area (Å²) >= 11 is 1.65. The number of pyridine rings is 1. The van der Waals surface area contributed by atoms with Crippen molar-refractivity contribution in [3.8, 4) is 16.9 Å². The van der Waals surface area contributed by atoms with Gasteiger partial charge in [-0.15, -0.1) is 11.8 Å². The molecule has 0 spiro atoms. The highest BCUT2D eigenvalue weighted by Crippen LogP contribution is 2.43. The van der Waals surface area contributed by atoms with Crippen molar-refractivity contribution in [2.45, 2.75) is 11.9 Å². The van der Waals surface area contributed by atoms with Gasteiger partial charge in [0, 0.05) is 36.3 Å². The van der Waals surface area contributed by atoms with Crippen LogP contribution >= 0.6 is 11.8 Å². The van der Waals surface area contributed by atoms with Crippen molar-refractivity contribution in [3.05, 3.63) is 103 Å². The second kappa shape index (κ2) is 8.16. The van der Waals surface area contributed by atoms with E-state index in [1.54, 1.807) is 18.0 Å². The maximum absolute atomic E-state index is 12.7. The van der Waals surface area contributed by atoms with Crippen LogP contribution in [0.4, 0.5) is 0 Å². The molecule has 0 aliphatic carbocycles. The van der Waals surface area contributed by atoms with E-state index < -0.39 is 0 Å². The number of thioether (sulfide) groups is 1. The van der Waals surface area contributed by atoms with Gasteiger partial charge in [0.25, 0.3) is 0 Å². The molecule has 0 N–H and O–H groups in total. The number of nitrogens with zero attached hydrogens (tertiary/aromatic N) is 4. The molecular weight excluding hydrogens is 392 g/mol. The average molecular weight is 413 g/mol. The van der Waals surface area contributed by atoms with E-state index in [2.05, 4.69) is 23.3 Å². The van der Waals surface area contributed by atoms with Crippen LogP contribution in [0.3, 0.4) is 0 Å². The van der Waals surface area contributed by atoms with Crippen LogP contribution in [0.15, 0.2) is 91.4 Å². The van der Waals surface area contributed by atoms with Crippen LogP contribution in [0, 0.1) is 0 Å². The molecule has 1 aliphatic heterocycles. The molecule has 6 heteroatoms. The lowest BCUT2D eigenvalue weighted by molar-refractivity contribution is -0.128. The van der Waals surface area contributed by atoms with Crippen molar-refractivity contribution < 1.29 is 4.79 Å².